The largest absolute Gasteiger partial charge is 0.0628 e. The summed E-state index contributed by atoms with van der Waals surface area (Å²) >= 11 is 0. The minimum absolute atomic E-state index is 0.183. The molecule has 0 bridgehead atoms. The Morgan fingerprint density at radius 1 is 0.778 bits per heavy atom. The van der Waals surface area contributed by atoms with Gasteiger partial charge in [-0.1, -0.05) is 74.5 Å². The van der Waals surface area contributed by atoms with Crippen LogP contribution in [0.25, 0.3) is 0 Å². The fourth-order valence-corrected chi connectivity index (χ4v) is 4.66. The van der Waals surface area contributed by atoms with E-state index >= 15 is 0 Å². The zero-order chi connectivity index (χ0) is 12.8. The molecular weight excluding hydrogens is 235 g/mol. The highest BCUT2D eigenvalue weighted by atomic mass is 31.1. The van der Waals surface area contributed by atoms with Gasteiger partial charge in [0.05, 0.1) is 0 Å². The van der Waals surface area contributed by atoms with Crippen LogP contribution in [0.5, 0.6) is 0 Å². The summed E-state index contributed by atoms with van der Waals surface area (Å²) in [5, 5.41) is 3.00. The van der Waals surface area contributed by atoms with Crippen LogP contribution < -0.4 is 10.6 Å². The molecule has 0 heterocycles. The third kappa shape index (κ3) is 3.68. The van der Waals surface area contributed by atoms with Gasteiger partial charge in [0.25, 0.3) is 0 Å². The van der Waals surface area contributed by atoms with E-state index in [1.54, 1.807) is 0 Å². The average Bonchev–Trinajstić information content (AvgIpc) is 2.41. The van der Waals surface area contributed by atoms with Gasteiger partial charge in [0.15, 0.2) is 0 Å². The molecular formula is C17H21P. The molecule has 0 aromatic heterocycles. The molecule has 2 aromatic carbocycles. The zero-order valence-corrected chi connectivity index (χ0v) is 12.1. The lowest BCUT2D eigenvalue weighted by molar-refractivity contribution is 0.631. The van der Waals surface area contributed by atoms with Crippen LogP contribution in [0.3, 0.4) is 0 Å². The Labute approximate surface area is 112 Å². The summed E-state index contributed by atoms with van der Waals surface area (Å²) in [6.45, 7) is 4.62. The smallest absolute Gasteiger partial charge is 0.0195 e. The second-order valence-corrected chi connectivity index (χ2v) is 7.34. The highest BCUT2D eigenvalue weighted by Crippen LogP contribution is 2.35. The molecule has 0 atom stereocenters. The van der Waals surface area contributed by atoms with Crippen molar-refractivity contribution in [2.45, 2.75) is 20.3 Å². The van der Waals surface area contributed by atoms with E-state index in [4.69, 9.17) is 0 Å². The molecule has 0 saturated carbocycles. The monoisotopic (exact) mass is 256 g/mol. The van der Waals surface area contributed by atoms with Crippen molar-refractivity contribution < 1.29 is 0 Å². The van der Waals surface area contributed by atoms with Crippen molar-refractivity contribution >= 4 is 18.5 Å². The summed E-state index contributed by atoms with van der Waals surface area (Å²) in [4.78, 5) is 0. The standard InChI is InChI=1S/C17H21P/c1-15(2)13-14-18(16-9-5-3-6-10-16)17-11-7-4-8-12-17/h3-12,15H,13-14H2,1-2H3. The van der Waals surface area contributed by atoms with Crippen LogP contribution in [-0.2, 0) is 0 Å². The summed E-state index contributed by atoms with van der Waals surface area (Å²) in [5.74, 6) is 0.780. The average molecular weight is 256 g/mol. The lowest BCUT2D eigenvalue weighted by atomic mass is 10.2. The first-order valence-electron chi connectivity index (χ1n) is 6.65. The van der Waals surface area contributed by atoms with Crippen molar-refractivity contribution in [2.75, 3.05) is 6.16 Å². The van der Waals surface area contributed by atoms with Crippen molar-refractivity contribution in [1.29, 1.82) is 0 Å². The van der Waals surface area contributed by atoms with Gasteiger partial charge in [-0.25, -0.2) is 0 Å². The first-order chi connectivity index (χ1) is 8.77. The fourth-order valence-electron chi connectivity index (χ4n) is 2.01. The summed E-state index contributed by atoms with van der Waals surface area (Å²) in [6, 6.07) is 21.9. The SMILES string of the molecule is CC(C)CCP(c1ccccc1)c1ccccc1. The van der Waals surface area contributed by atoms with E-state index in [9.17, 15) is 0 Å². The summed E-state index contributed by atoms with van der Waals surface area (Å²) in [6.07, 6.45) is 2.59. The molecule has 2 aromatic rings. The molecule has 0 saturated heterocycles. The van der Waals surface area contributed by atoms with Crippen LogP contribution in [-0.4, -0.2) is 6.16 Å². The maximum absolute atomic E-state index is 2.31. The van der Waals surface area contributed by atoms with E-state index in [-0.39, 0.29) is 7.92 Å². The van der Waals surface area contributed by atoms with Gasteiger partial charge in [0.2, 0.25) is 0 Å². The Kier molecular flexibility index (Phi) is 4.96. The Bertz CT molecular complexity index is 408. The van der Waals surface area contributed by atoms with E-state index in [1.165, 1.54) is 23.2 Å². The highest BCUT2D eigenvalue weighted by molar-refractivity contribution is 7.73. The molecule has 2 rings (SSSR count). The van der Waals surface area contributed by atoms with Gasteiger partial charge in [0, 0.05) is 0 Å². The molecule has 0 aliphatic rings. The van der Waals surface area contributed by atoms with Gasteiger partial charge in [-0.3, -0.25) is 0 Å². The molecule has 0 radical (unpaired) electrons. The molecule has 0 aliphatic carbocycles. The van der Waals surface area contributed by atoms with Gasteiger partial charge in [-0.15, -0.1) is 0 Å². The van der Waals surface area contributed by atoms with Crippen LogP contribution in [0.1, 0.15) is 20.3 Å². The lowest BCUT2D eigenvalue weighted by Crippen LogP contribution is -2.14. The molecule has 18 heavy (non-hydrogen) atoms. The quantitative estimate of drug-likeness (QED) is 0.704. The van der Waals surface area contributed by atoms with Gasteiger partial charge in [-0.05, 0) is 37.0 Å². The number of hydrogen-bond acceptors (Lipinski definition) is 0. The fraction of sp³-hybridized carbons (Fsp3) is 0.294. The first kappa shape index (κ1) is 13.3. The minimum atomic E-state index is -0.183. The predicted molar refractivity (Wildman–Crippen MR) is 83.4 cm³/mol. The predicted octanol–water partition coefficient (Wildman–Crippen LogP) is 4.17. The number of benzene rings is 2. The molecule has 0 aliphatic heterocycles. The van der Waals surface area contributed by atoms with E-state index in [2.05, 4.69) is 74.5 Å². The van der Waals surface area contributed by atoms with Gasteiger partial charge >= 0.3 is 0 Å². The van der Waals surface area contributed by atoms with Gasteiger partial charge in [0.1, 0.15) is 0 Å². The van der Waals surface area contributed by atoms with E-state index in [0.29, 0.717) is 0 Å². The van der Waals surface area contributed by atoms with Crippen molar-refractivity contribution in [3.63, 3.8) is 0 Å². The summed E-state index contributed by atoms with van der Waals surface area (Å²) in [7, 11) is -0.183. The van der Waals surface area contributed by atoms with Crippen LogP contribution in [0, 0.1) is 5.92 Å². The first-order valence-corrected chi connectivity index (χ1v) is 8.17. The maximum Gasteiger partial charge on any atom is -0.0195 e. The molecule has 0 fully saturated rings. The van der Waals surface area contributed by atoms with E-state index < -0.39 is 0 Å². The van der Waals surface area contributed by atoms with Crippen molar-refractivity contribution in [3.05, 3.63) is 60.7 Å². The Balaban J connectivity index is 2.24. The van der Waals surface area contributed by atoms with Gasteiger partial charge < -0.3 is 0 Å². The Hall–Kier alpha value is -1.13. The van der Waals surface area contributed by atoms with Crippen LogP contribution >= 0.6 is 7.92 Å². The molecule has 0 spiro atoms. The highest BCUT2D eigenvalue weighted by Gasteiger charge is 2.13. The topological polar surface area (TPSA) is 0 Å². The summed E-state index contributed by atoms with van der Waals surface area (Å²) < 4.78 is 0. The van der Waals surface area contributed by atoms with E-state index in [1.807, 2.05) is 0 Å². The molecule has 0 amide bonds. The van der Waals surface area contributed by atoms with Crippen molar-refractivity contribution in [2.24, 2.45) is 5.92 Å². The van der Waals surface area contributed by atoms with Crippen LogP contribution in [0.15, 0.2) is 60.7 Å². The number of hydrogen-bond donors (Lipinski definition) is 0. The van der Waals surface area contributed by atoms with Gasteiger partial charge in [-0.2, -0.15) is 0 Å². The molecule has 0 unspecified atom stereocenters. The molecule has 1 heteroatoms. The second kappa shape index (κ2) is 6.71. The van der Waals surface area contributed by atoms with Crippen molar-refractivity contribution in [3.8, 4) is 0 Å². The molecule has 0 N–H and O–H groups in total. The third-order valence-corrected chi connectivity index (χ3v) is 5.61. The van der Waals surface area contributed by atoms with Crippen LogP contribution in [0.4, 0.5) is 0 Å². The molecule has 0 nitrogen and oxygen atoms in total. The maximum atomic E-state index is 2.31. The third-order valence-electron chi connectivity index (χ3n) is 3.07. The van der Waals surface area contributed by atoms with E-state index in [0.717, 1.165) is 5.92 Å². The number of rotatable bonds is 5. The van der Waals surface area contributed by atoms with Crippen molar-refractivity contribution in [1.82, 2.24) is 0 Å². The Morgan fingerprint density at radius 2 is 1.22 bits per heavy atom. The lowest BCUT2D eigenvalue weighted by Gasteiger charge is -2.19. The normalized spacial score (nSPS) is 11.1. The second-order valence-electron chi connectivity index (χ2n) is 5.01. The molecule has 94 valence electrons. The Morgan fingerprint density at radius 3 is 1.61 bits per heavy atom. The minimum Gasteiger partial charge on any atom is -0.0628 e. The van der Waals surface area contributed by atoms with Crippen LogP contribution in [0.2, 0.25) is 0 Å². The summed E-state index contributed by atoms with van der Waals surface area (Å²) in [5.41, 5.74) is 0. The zero-order valence-electron chi connectivity index (χ0n) is 11.2.